The average Bonchev–Trinajstić information content (AvgIpc) is 3.09. The fourth-order valence-electron chi connectivity index (χ4n) is 2.89. The lowest BCUT2D eigenvalue weighted by atomic mass is 10.0. The molecule has 1 aromatic carbocycles. The Hall–Kier alpha value is -3.15. The van der Waals surface area contributed by atoms with Crippen molar-refractivity contribution in [2.75, 3.05) is 7.05 Å². The van der Waals surface area contributed by atoms with Crippen molar-refractivity contribution in [3.05, 3.63) is 57.1 Å². The molecule has 1 unspecified atom stereocenters. The molecule has 1 N–H and O–H groups in total. The molecule has 0 spiro atoms. The number of carbonyl (C=O) groups is 2. The van der Waals surface area contributed by atoms with Gasteiger partial charge in [0.15, 0.2) is 0 Å². The van der Waals surface area contributed by atoms with Gasteiger partial charge in [0, 0.05) is 31.6 Å². The van der Waals surface area contributed by atoms with Crippen molar-refractivity contribution in [1.82, 2.24) is 19.8 Å². The number of nitrogens with one attached hydrogen (secondary N) is 1. The first-order valence-corrected chi connectivity index (χ1v) is 9.74. The zero-order valence-electron chi connectivity index (χ0n) is 17.4. The summed E-state index contributed by atoms with van der Waals surface area (Å²) in [5, 5.41) is 13.2. The fourth-order valence-corrected chi connectivity index (χ4v) is 3.15. The molecule has 1 heterocycles. The number of non-ortho nitro benzene ring substituents is 1. The van der Waals surface area contributed by atoms with Gasteiger partial charge in [-0.25, -0.2) is 4.98 Å². The van der Waals surface area contributed by atoms with Crippen LogP contribution in [0.5, 0.6) is 0 Å². The maximum absolute atomic E-state index is 12.9. The highest BCUT2D eigenvalue weighted by molar-refractivity contribution is 6.34. The van der Waals surface area contributed by atoms with Crippen molar-refractivity contribution >= 4 is 29.1 Å². The summed E-state index contributed by atoms with van der Waals surface area (Å²) in [5.41, 5.74) is -0.351. The SMILES string of the molecule is CC(C)C(NC(=O)c1ccc([N+](=O)[O-])cc1Cl)C(=O)N(C)Cc1nccn1CC(F)(F)F. The first kappa shape index (κ1) is 25.1. The van der Waals surface area contributed by atoms with Crippen molar-refractivity contribution in [3.63, 3.8) is 0 Å². The number of benzene rings is 1. The van der Waals surface area contributed by atoms with E-state index in [4.69, 9.17) is 11.6 Å². The number of hydrogen-bond acceptors (Lipinski definition) is 5. The quantitative estimate of drug-likeness (QED) is 0.464. The van der Waals surface area contributed by atoms with E-state index in [0.717, 1.165) is 21.6 Å². The van der Waals surface area contributed by atoms with Gasteiger partial charge in [0.25, 0.3) is 11.6 Å². The minimum Gasteiger partial charge on any atom is -0.340 e. The van der Waals surface area contributed by atoms with Crippen molar-refractivity contribution in [1.29, 1.82) is 0 Å². The van der Waals surface area contributed by atoms with E-state index in [1.54, 1.807) is 13.8 Å². The number of nitro groups is 1. The van der Waals surface area contributed by atoms with Gasteiger partial charge < -0.3 is 14.8 Å². The van der Waals surface area contributed by atoms with Gasteiger partial charge in [0.2, 0.25) is 5.91 Å². The number of imidazole rings is 1. The summed E-state index contributed by atoms with van der Waals surface area (Å²) < 4.78 is 39.0. The highest BCUT2D eigenvalue weighted by atomic mass is 35.5. The molecule has 9 nitrogen and oxygen atoms in total. The highest BCUT2D eigenvalue weighted by Gasteiger charge is 2.31. The Balaban J connectivity index is 2.15. The Kier molecular flexibility index (Phi) is 7.83. The minimum atomic E-state index is -4.45. The zero-order valence-corrected chi connectivity index (χ0v) is 18.1. The summed E-state index contributed by atoms with van der Waals surface area (Å²) in [6.45, 7) is 1.91. The van der Waals surface area contributed by atoms with Gasteiger partial charge in [-0.05, 0) is 12.0 Å². The van der Waals surface area contributed by atoms with E-state index in [9.17, 15) is 32.9 Å². The lowest BCUT2D eigenvalue weighted by Gasteiger charge is -2.27. The van der Waals surface area contributed by atoms with Crippen LogP contribution in [0.3, 0.4) is 0 Å². The van der Waals surface area contributed by atoms with Gasteiger partial charge in [-0.3, -0.25) is 19.7 Å². The molecular weight excluding hydrogens is 455 g/mol. The molecule has 2 aromatic rings. The molecule has 0 aliphatic heterocycles. The van der Waals surface area contributed by atoms with Crippen molar-refractivity contribution < 1.29 is 27.7 Å². The van der Waals surface area contributed by atoms with Crippen molar-refractivity contribution in [2.45, 2.75) is 39.2 Å². The van der Waals surface area contributed by atoms with Gasteiger partial charge in [-0.1, -0.05) is 25.4 Å². The summed E-state index contributed by atoms with van der Waals surface area (Å²) in [7, 11) is 1.38. The van der Waals surface area contributed by atoms with Crippen LogP contribution in [0.25, 0.3) is 0 Å². The first-order valence-electron chi connectivity index (χ1n) is 9.36. The number of hydrogen-bond donors (Lipinski definition) is 1. The molecule has 2 rings (SSSR count). The number of nitro benzene ring substituents is 1. The second-order valence-corrected chi connectivity index (χ2v) is 7.80. The van der Waals surface area contributed by atoms with Crippen molar-refractivity contribution in [3.8, 4) is 0 Å². The molecule has 2 amide bonds. The van der Waals surface area contributed by atoms with Gasteiger partial charge in [-0.15, -0.1) is 0 Å². The normalized spacial score (nSPS) is 12.5. The zero-order chi connectivity index (χ0) is 24.2. The molecule has 0 aliphatic carbocycles. The molecule has 0 radical (unpaired) electrons. The van der Waals surface area contributed by atoms with Gasteiger partial charge in [-0.2, -0.15) is 13.2 Å². The Morgan fingerprint density at radius 1 is 1.34 bits per heavy atom. The number of halogens is 4. The molecule has 0 saturated carbocycles. The predicted molar refractivity (Wildman–Crippen MR) is 109 cm³/mol. The van der Waals surface area contributed by atoms with E-state index < -0.39 is 35.5 Å². The molecule has 0 bridgehead atoms. The molecule has 0 saturated heterocycles. The first-order chi connectivity index (χ1) is 14.8. The smallest absolute Gasteiger partial charge is 0.340 e. The summed E-state index contributed by atoms with van der Waals surface area (Å²) in [6.07, 6.45) is -2.08. The summed E-state index contributed by atoms with van der Waals surface area (Å²) in [6, 6.07) is 2.29. The lowest BCUT2D eigenvalue weighted by Crippen LogP contribution is -2.50. The molecule has 1 aromatic heterocycles. The maximum Gasteiger partial charge on any atom is 0.406 e. The van der Waals surface area contributed by atoms with Crippen LogP contribution in [0.4, 0.5) is 18.9 Å². The highest BCUT2D eigenvalue weighted by Crippen LogP contribution is 2.23. The Morgan fingerprint density at radius 2 is 2.00 bits per heavy atom. The third-order valence-corrected chi connectivity index (χ3v) is 4.85. The van der Waals surface area contributed by atoms with Gasteiger partial charge in [0.1, 0.15) is 18.4 Å². The number of carbonyl (C=O) groups excluding carboxylic acids is 2. The van der Waals surface area contributed by atoms with Crippen LogP contribution in [0.15, 0.2) is 30.6 Å². The monoisotopic (exact) mass is 475 g/mol. The fraction of sp³-hybridized carbons (Fsp3) is 0.421. The Morgan fingerprint density at radius 3 is 2.53 bits per heavy atom. The topological polar surface area (TPSA) is 110 Å². The largest absolute Gasteiger partial charge is 0.406 e. The van der Waals surface area contributed by atoms with E-state index in [2.05, 4.69) is 10.3 Å². The molecule has 0 aliphatic rings. The van der Waals surface area contributed by atoms with Crippen LogP contribution in [0.2, 0.25) is 5.02 Å². The standard InChI is InChI=1S/C19H21ClF3N5O4/c1-11(2)16(25-17(29)13-5-4-12(28(31)32)8-14(13)20)18(30)26(3)9-15-24-6-7-27(15)10-19(21,22)23/h4-8,11,16H,9-10H2,1-3H3,(H,25,29). The van der Waals surface area contributed by atoms with Crippen LogP contribution < -0.4 is 5.32 Å². The summed E-state index contributed by atoms with van der Waals surface area (Å²) in [5.74, 6) is -1.61. The van der Waals surface area contributed by atoms with Gasteiger partial charge in [0.05, 0.1) is 22.1 Å². The number of likely N-dealkylation sites (N-methyl/N-ethyl adjacent to an activating group) is 1. The lowest BCUT2D eigenvalue weighted by molar-refractivity contribution is -0.384. The summed E-state index contributed by atoms with van der Waals surface area (Å²) >= 11 is 5.97. The van der Waals surface area contributed by atoms with E-state index in [0.29, 0.717) is 0 Å². The van der Waals surface area contributed by atoms with Crippen LogP contribution in [0.1, 0.15) is 30.0 Å². The molecule has 0 fully saturated rings. The van der Waals surface area contributed by atoms with E-state index in [-0.39, 0.29) is 34.6 Å². The molecule has 13 heteroatoms. The number of alkyl halides is 3. The predicted octanol–water partition coefficient (Wildman–Crippen LogP) is 3.42. The van der Waals surface area contributed by atoms with E-state index in [1.165, 1.54) is 25.5 Å². The molecular formula is C19H21ClF3N5O4. The van der Waals surface area contributed by atoms with Crippen LogP contribution in [-0.4, -0.2) is 50.5 Å². The number of rotatable bonds is 8. The second-order valence-electron chi connectivity index (χ2n) is 7.40. The number of nitrogens with zero attached hydrogens (tertiary/aromatic N) is 4. The minimum absolute atomic E-state index is 0.0328. The Labute approximate surface area is 186 Å². The molecule has 174 valence electrons. The average molecular weight is 476 g/mol. The van der Waals surface area contributed by atoms with Crippen LogP contribution >= 0.6 is 11.6 Å². The van der Waals surface area contributed by atoms with Crippen LogP contribution in [-0.2, 0) is 17.9 Å². The summed E-state index contributed by atoms with van der Waals surface area (Å²) in [4.78, 5) is 40.8. The van der Waals surface area contributed by atoms with E-state index in [1.807, 2.05) is 0 Å². The van der Waals surface area contributed by atoms with Crippen molar-refractivity contribution in [2.24, 2.45) is 5.92 Å². The second kappa shape index (κ2) is 9.98. The Bertz CT molecular complexity index is 1010. The molecule has 32 heavy (non-hydrogen) atoms. The maximum atomic E-state index is 12.9. The third-order valence-electron chi connectivity index (χ3n) is 4.53. The van der Waals surface area contributed by atoms with Gasteiger partial charge >= 0.3 is 6.18 Å². The van der Waals surface area contributed by atoms with Crippen LogP contribution in [0, 0.1) is 16.0 Å². The van der Waals surface area contributed by atoms with E-state index >= 15 is 0 Å². The number of aromatic nitrogens is 2. The molecule has 1 atom stereocenters. The number of amides is 2. The third kappa shape index (κ3) is 6.42.